The highest BCUT2D eigenvalue weighted by atomic mass is 32.1. The maximum absolute atomic E-state index is 11.1. The third-order valence-corrected chi connectivity index (χ3v) is 3.04. The lowest BCUT2D eigenvalue weighted by Crippen LogP contribution is -2.02. The molecule has 0 aromatic heterocycles. The summed E-state index contributed by atoms with van der Waals surface area (Å²) in [7, 11) is -6.00. The van der Waals surface area contributed by atoms with Gasteiger partial charge in [-0.25, -0.2) is 0 Å². The molecule has 7 heteroatoms. The third kappa shape index (κ3) is 6.42. The smallest absolute Gasteiger partial charge is 0.418 e. The van der Waals surface area contributed by atoms with E-state index >= 15 is 0 Å². The number of hydrogen-bond acceptors (Lipinski definition) is 1. The van der Waals surface area contributed by atoms with Gasteiger partial charge >= 0.3 is 18.9 Å². The maximum Gasteiger partial charge on any atom is 0.673 e. The van der Waals surface area contributed by atoms with Gasteiger partial charge in [0, 0.05) is 15.3 Å². The Kier molecular flexibility index (Phi) is 6.31. The van der Waals surface area contributed by atoms with Crippen LogP contribution in [0.2, 0.25) is 0 Å². The first-order valence-corrected chi connectivity index (χ1v) is 6.48. The molecular weight excluding hydrogens is 291 g/mol. The molecule has 0 N–H and O–H groups in total. The molecule has 0 unspecified atom stereocenters. The first-order chi connectivity index (χ1) is 9.42. The minimum atomic E-state index is -6.00. The lowest BCUT2D eigenvalue weighted by molar-refractivity contribution is 0.368. The zero-order valence-electron chi connectivity index (χ0n) is 10.3. The number of rotatable bonds is 3. The minimum Gasteiger partial charge on any atom is -0.418 e. The SMILES string of the molecule is F[B-](F)(F)F.O=[S+]C(c1ccccc1)c1ccccc1. The third-order valence-electron chi connectivity index (χ3n) is 2.30. The zero-order valence-corrected chi connectivity index (χ0v) is 11.1. The van der Waals surface area contributed by atoms with Crippen molar-refractivity contribution in [3.8, 4) is 0 Å². The van der Waals surface area contributed by atoms with E-state index in [9.17, 15) is 21.5 Å². The molecule has 2 aromatic carbocycles. The van der Waals surface area contributed by atoms with Gasteiger partial charge in [-0.2, -0.15) is 0 Å². The summed E-state index contributed by atoms with van der Waals surface area (Å²) in [5.41, 5.74) is 2.12. The number of hydrogen-bond donors (Lipinski definition) is 0. The maximum atomic E-state index is 11.1. The molecule has 0 heterocycles. The fourth-order valence-corrected chi connectivity index (χ4v) is 2.10. The number of benzene rings is 2. The first-order valence-electron chi connectivity index (χ1n) is 5.67. The highest BCUT2D eigenvalue weighted by Crippen LogP contribution is 2.23. The van der Waals surface area contributed by atoms with E-state index in [1.807, 2.05) is 60.7 Å². The van der Waals surface area contributed by atoms with Crippen molar-refractivity contribution in [1.82, 2.24) is 0 Å². The molecule has 0 fully saturated rings. The second kappa shape index (κ2) is 7.74. The van der Waals surface area contributed by atoms with Crippen LogP contribution in [0.25, 0.3) is 0 Å². The van der Waals surface area contributed by atoms with Crippen molar-refractivity contribution >= 4 is 18.9 Å². The fraction of sp³-hybridized carbons (Fsp3) is 0.0769. The van der Waals surface area contributed by atoms with Crippen LogP contribution < -0.4 is 0 Å². The van der Waals surface area contributed by atoms with E-state index in [1.54, 1.807) is 0 Å². The van der Waals surface area contributed by atoms with Crippen LogP contribution in [-0.4, -0.2) is 7.25 Å². The molecule has 106 valence electrons. The second-order valence-electron chi connectivity index (χ2n) is 3.79. The lowest BCUT2D eigenvalue weighted by Gasteiger charge is -2.00. The standard InChI is InChI=1S/C13H11OS.BF4/c14-15-13(11-7-3-1-4-8-11)12-9-5-2-6-10-12;2-1(3,4)5/h1-10,13H;/q+1;-1. The molecule has 1 nitrogen and oxygen atoms in total. The van der Waals surface area contributed by atoms with Gasteiger partial charge in [0.2, 0.25) is 0 Å². The van der Waals surface area contributed by atoms with Crippen molar-refractivity contribution in [2.45, 2.75) is 5.25 Å². The van der Waals surface area contributed by atoms with E-state index in [0.717, 1.165) is 11.1 Å². The predicted molar refractivity (Wildman–Crippen MR) is 73.0 cm³/mol. The van der Waals surface area contributed by atoms with E-state index < -0.39 is 7.25 Å². The molecule has 0 saturated heterocycles. The van der Waals surface area contributed by atoms with Gasteiger partial charge in [0.1, 0.15) is 0 Å². The Bertz CT molecular complexity index is 473. The Morgan fingerprint density at radius 3 is 1.30 bits per heavy atom. The quantitative estimate of drug-likeness (QED) is 0.463. The van der Waals surface area contributed by atoms with E-state index in [1.165, 1.54) is 0 Å². The predicted octanol–water partition coefficient (Wildman–Crippen LogP) is 4.50. The van der Waals surface area contributed by atoms with Crippen molar-refractivity contribution in [3.63, 3.8) is 0 Å². The molecule has 0 radical (unpaired) electrons. The second-order valence-corrected chi connectivity index (χ2v) is 4.46. The molecule has 0 atom stereocenters. The van der Waals surface area contributed by atoms with E-state index in [-0.39, 0.29) is 5.25 Å². The monoisotopic (exact) mass is 302 g/mol. The van der Waals surface area contributed by atoms with Gasteiger partial charge < -0.3 is 17.3 Å². The van der Waals surface area contributed by atoms with Crippen molar-refractivity contribution in [2.24, 2.45) is 0 Å². The Hall–Kier alpha value is -1.76. The van der Waals surface area contributed by atoms with Crippen molar-refractivity contribution < 1.29 is 21.5 Å². The molecule has 2 rings (SSSR count). The van der Waals surface area contributed by atoms with Gasteiger partial charge in [-0.3, -0.25) is 0 Å². The molecule has 0 aliphatic heterocycles. The Balaban J connectivity index is 0.000000347. The molecule has 0 spiro atoms. The Morgan fingerprint density at radius 2 is 1.05 bits per heavy atom. The average Bonchev–Trinajstić information content (AvgIpc) is 2.40. The van der Waals surface area contributed by atoms with Crippen LogP contribution in [0.1, 0.15) is 16.4 Å². The van der Waals surface area contributed by atoms with Crippen LogP contribution in [0, 0.1) is 0 Å². The van der Waals surface area contributed by atoms with E-state index in [0.29, 0.717) is 11.7 Å². The van der Waals surface area contributed by atoms with Crippen LogP contribution in [0.5, 0.6) is 0 Å². The van der Waals surface area contributed by atoms with Gasteiger partial charge in [0.05, 0.1) is 0 Å². The summed E-state index contributed by atoms with van der Waals surface area (Å²) in [6.07, 6.45) is 0. The van der Waals surface area contributed by atoms with Gasteiger partial charge in [-0.1, -0.05) is 60.7 Å². The van der Waals surface area contributed by atoms with Crippen LogP contribution in [-0.2, 0) is 15.9 Å². The minimum absolute atomic E-state index is 0.104. The molecule has 0 amide bonds. The summed E-state index contributed by atoms with van der Waals surface area (Å²) in [6, 6.07) is 19.7. The van der Waals surface area contributed by atoms with Gasteiger partial charge in [0.25, 0.3) is 5.25 Å². The topological polar surface area (TPSA) is 17.1 Å². The summed E-state index contributed by atoms with van der Waals surface area (Å²) in [4.78, 5) is 0. The summed E-state index contributed by atoms with van der Waals surface area (Å²) >= 11 is 0.626. The molecular formula is C13H11BF4OS. The normalized spacial score (nSPS) is 10.7. The van der Waals surface area contributed by atoms with Crippen LogP contribution in [0.15, 0.2) is 60.7 Å². The molecule has 0 bridgehead atoms. The number of halogens is 4. The van der Waals surface area contributed by atoms with Crippen molar-refractivity contribution in [1.29, 1.82) is 0 Å². The largest absolute Gasteiger partial charge is 0.673 e. The summed E-state index contributed by atoms with van der Waals surface area (Å²) in [5, 5.41) is -0.104. The zero-order chi connectivity index (χ0) is 15.0. The van der Waals surface area contributed by atoms with Crippen LogP contribution in [0.3, 0.4) is 0 Å². The molecule has 0 saturated carbocycles. The summed E-state index contributed by atoms with van der Waals surface area (Å²) in [6.45, 7) is 0. The Labute approximate surface area is 118 Å². The first kappa shape index (κ1) is 16.3. The summed E-state index contributed by atoms with van der Waals surface area (Å²) < 4.78 is 50.1. The van der Waals surface area contributed by atoms with E-state index in [4.69, 9.17) is 0 Å². The van der Waals surface area contributed by atoms with Crippen LogP contribution >= 0.6 is 0 Å². The van der Waals surface area contributed by atoms with Gasteiger partial charge in [-0.05, 0) is 0 Å². The van der Waals surface area contributed by atoms with Gasteiger partial charge in [-0.15, -0.1) is 0 Å². The average molecular weight is 302 g/mol. The van der Waals surface area contributed by atoms with E-state index in [2.05, 4.69) is 0 Å². The molecule has 20 heavy (non-hydrogen) atoms. The Morgan fingerprint density at radius 1 is 0.750 bits per heavy atom. The summed E-state index contributed by atoms with van der Waals surface area (Å²) in [5.74, 6) is 0. The molecule has 2 aromatic rings. The van der Waals surface area contributed by atoms with Crippen molar-refractivity contribution in [2.75, 3.05) is 0 Å². The van der Waals surface area contributed by atoms with Gasteiger partial charge in [0.15, 0.2) is 0 Å². The lowest BCUT2D eigenvalue weighted by atomic mass is 10.0. The highest BCUT2D eigenvalue weighted by Gasteiger charge is 2.25. The highest BCUT2D eigenvalue weighted by molar-refractivity contribution is 7.66. The van der Waals surface area contributed by atoms with Crippen molar-refractivity contribution in [3.05, 3.63) is 71.8 Å². The fourth-order valence-electron chi connectivity index (χ4n) is 1.56. The molecule has 0 aliphatic carbocycles. The molecule has 0 aliphatic rings. The van der Waals surface area contributed by atoms with Crippen LogP contribution in [0.4, 0.5) is 17.3 Å².